The van der Waals surface area contributed by atoms with Crippen molar-refractivity contribution in [2.24, 2.45) is 5.73 Å². The molecule has 1 unspecified atom stereocenters. The number of likely N-dealkylation sites (N-methyl/N-ethyl adjacent to an activating group) is 1. The standard InChI is InChI=1S/C23H20BrF5N4O5/c1-31-14(21-32-18(19(24)38-21)11-2-4-12(5-3-11)23(27,28)29)10-33(22(35)36)8-9-37-15-7-6-13(25)16(17(15)26)20(30)34/h2-7,14,31H,8-10H2,1H3,(H2,30,34)(H,35,36). The lowest BCUT2D eigenvalue weighted by Gasteiger charge is -2.23. The van der Waals surface area contributed by atoms with E-state index in [9.17, 15) is 36.6 Å². The normalized spacial score (nSPS) is 12.3. The van der Waals surface area contributed by atoms with Crippen LogP contribution in [0.1, 0.15) is 27.9 Å². The summed E-state index contributed by atoms with van der Waals surface area (Å²) in [6.07, 6.45) is -5.86. The molecular weight excluding hydrogens is 587 g/mol. The van der Waals surface area contributed by atoms with Gasteiger partial charge in [-0.05, 0) is 47.2 Å². The number of rotatable bonds is 10. The highest BCUT2D eigenvalue weighted by Gasteiger charge is 2.30. The van der Waals surface area contributed by atoms with Gasteiger partial charge >= 0.3 is 12.3 Å². The molecule has 0 radical (unpaired) electrons. The number of amides is 2. The molecule has 9 nitrogen and oxygen atoms in total. The predicted octanol–water partition coefficient (Wildman–Crippen LogP) is 4.82. The van der Waals surface area contributed by atoms with Gasteiger partial charge in [0.15, 0.2) is 16.2 Å². The first-order chi connectivity index (χ1) is 17.8. The van der Waals surface area contributed by atoms with Crippen molar-refractivity contribution in [3.05, 3.63) is 69.7 Å². The third-order valence-electron chi connectivity index (χ3n) is 5.33. The number of carboxylic acid groups (broad SMARTS) is 1. The average Bonchev–Trinajstić information content (AvgIpc) is 3.23. The number of carbonyl (C=O) groups is 2. The SMILES string of the molecule is CNC(CN(CCOc1ccc(F)c(C(N)=O)c1F)C(=O)O)c1nc(-c2ccc(C(F)(F)F)cc2)c(Br)o1. The van der Waals surface area contributed by atoms with Crippen molar-refractivity contribution < 1.29 is 45.8 Å². The van der Waals surface area contributed by atoms with Crippen LogP contribution in [0.25, 0.3) is 11.3 Å². The fourth-order valence-electron chi connectivity index (χ4n) is 3.38. The first-order valence-corrected chi connectivity index (χ1v) is 11.5. The molecule has 2 amide bonds. The van der Waals surface area contributed by atoms with Crippen molar-refractivity contribution in [2.75, 3.05) is 26.7 Å². The van der Waals surface area contributed by atoms with Crippen LogP contribution in [0, 0.1) is 11.6 Å². The number of ether oxygens (including phenoxy) is 1. The van der Waals surface area contributed by atoms with E-state index in [4.69, 9.17) is 14.9 Å². The van der Waals surface area contributed by atoms with Crippen LogP contribution in [0.5, 0.6) is 5.75 Å². The molecule has 1 atom stereocenters. The number of alkyl halides is 3. The largest absolute Gasteiger partial charge is 0.489 e. The minimum absolute atomic E-state index is 0.0390. The summed E-state index contributed by atoms with van der Waals surface area (Å²) >= 11 is 3.18. The Morgan fingerprint density at radius 3 is 2.42 bits per heavy atom. The monoisotopic (exact) mass is 606 g/mol. The van der Waals surface area contributed by atoms with E-state index in [2.05, 4.69) is 26.2 Å². The summed E-state index contributed by atoms with van der Waals surface area (Å²) < 4.78 is 77.4. The lowest BCUT2D eigenvalue weighted by molar-refractivity contribution is -0.137. The molecule has 0 aliphatic rings. The molecule has 0 aliphatic carbocycles. The summed E-state index contributed by atoms with van der Waals surface area (Å²) in [4.78, 5) is 28.3. The van der Waals surface area contributed by atoms with Gasteiger partial charge in [-0.25, -0.2) is 18.6 Å². The fraction of sp³-hybridized carbons (Fsp3) is 0.261. The van der Waals surface area contributed by atoms with Crippen LogP contribution in [-0.2, 0) is 6.18 Å². The highest BCUT2D eigenvalue weighted by Crippen LogP contribution is 2.34. The molecule has 1 heterocycles. The average molecular weight is 607 g/mol. The highest BCUT2D eigenvalue weighted by molar-refractivity contribution is 9.10. The van der Waals surface area contributed by atoms with Crippen LogP contribution in [0.4, 0.5) is 26.7 Å². The molecule has 0 fully saturated rings. The second-order valence-corrected chi connectivity index (χ2v) is 8.49. The van der Waals surface area contributed by atoms with E-state index in [1.165, 1.54) is 19.2 Å². The minimum atomic E-state index is -4.50. The minimum Gasteiger partial charge on any atom is -0.489 e. The molecule has 2 aromatic carbocycles. The number of nitrogens with two attached hydrogens (primary N) is 1. The Bertz CT molecular complexity index is 1320. The Labute approximate surface area is 220 Å². The molecule has 0 aliphatic heterocycles. The molecule has 0 bridgehead atoms. The highest BCUT2D eigenvalue weighted by atomic mass is 79.9. The number of hydrogen-bond acceptors (Lipinski definition) is 6. The van der Waals surface area contributed by atoms with E-state index >= 15 is 0 Å². The number of nitrogens with zero attached hydrogens (tertiary/aromatic N) is 2. The molecular formula is C23H20BrF5N4O5. The van der Waals surface area contributed by atoms with Crippen LogP contribution in [0.2, 0.25) is 0 Å². The Morgan fingerprint density at radius 1 is 1.21 bits per heavy atom. The van der Waals surface area contributed by atoms with Gasteiger partial charge in [0, 0.05) is 12.1 Å². The maximum Gasteiger partial charge on any atom is 0.416 e. The van der Waals surface area contributed by atoms with Crippen molar-refractivity contribution in [3.63, 3.8) is 0 Å². The third-order valence-corrected chi connectivity index (χ3v) is 5.87. The zero-order valence-corrected chi connectivity index (χ0v) is 21.1. The molecule has 0 saturated heterocycles. The first-order valence-electron chi connectivity index (χ1n) is 10.7. The van der Waals surface area contributed by atoms with Gasteiger partial charge in [-0.15, -0.1) is 0 Å². The van der Waals surface area contributed by atoms with E-state index in [0.717, 1.165) is 29.2 Å². The topological polar surface area (TPSA) is 131 Å². The van der Waals surface area contributed by atoms with Crippen LogP contribution >= 0.6 is 15.9 Å². The van der Waals surface area contributed by atoms with Gasteiger partial charge in [0.1, 0.15) is 29.7 Å². The number of aromatic nitrogens is 1. The van der Waals surface area contributed by atoms with Crippen molar-refractivity contribution in [2.45, 2.75) is 12.2 Å². The van der Waals surface area contributed by atoms with Crippen LogP contribution < -0.4 is 15.8 Å². The number of primary amides is 1. The summed E-state index contributed by atoms with van der Waals surface area (Å²) in [5.41, 5.74) is 3.69. The van der Waals surface area contributed by atoms with E-state index in [1.807, 2.05) is 0 Å². The van der Waals surface area contributed by atoms with Crippen LogP contribution in [-0.4, -0.2) is 53.7 Å². The number of benzene rings is 2. The molecule has 204 valence electrons. The van der Waals surface area contributed by atoms with E-state index < -0.39 is 52.7 Å². The fourth-order valence-corrected chi connectivity index (χ4v) is 3.86. The summed E-state index contributed by atoms with van der Waals surface area (Å²) in [7, 11) is 1.51. The summed E-state index contributed by atoms with van der Waals surface area (Å²) in [6, 6.07) is 5.17. The summed E-state index contributed by atoms with van der Waals surface area (Å²) in [6.45, 7) is -0.855. The molecule has 15 heteroatoms. The molecule has 4 N–H and O–H groups in total. The molecule has 3 aromatic rings. The Balaban J connectivity index is 1.72. The predicted molar refractivity (Wildman–Crippen MR) is 126 cm³/mol. The van der Waals surface area contributed by atoms with Gasteiger partial charge in [0.05, 0.1) is 12.1 Å². The second kappa shape index (κ2) is 11.8. The number of nitrogens with one attached hydrogen (secondary N) is 1. The maximum atomic E-state index is 14.3. The van der Waals surface area contributed by atoms with E-state index in [-0.39, 0.29) is 36.0 Å². The van der Waals surface area contributed by atoms with Gasteiger partial charge in [0.2, 0.25) is 5.89 Å². The smallest absolute Gasteiger partial charge is 0.416 e. The number of hydrogen-bond donors (Lipinski definition) is 3. The lowest BCUT2D eigenvalue weighted by atomic mass is 10.1. The van der Waals surface area contributed by atoms with Gasteiger partial charge in [0.25, 0.3) is 5.91 Å². The molecule has 0 saturated carbocycles. The van der Waals surface area contributed by atoms with Crippen molar-refractivity contribution >= 4 is 27.9 Å². The Kier molecular flexibility index (Phi) is 8.93. The first kappa shape index (κ1) is 28.8. The molecule has 0 spiro atoms. The zero-order chi connectivity index (χ0) is 28.2. The molecule has 1 aromatic heterocycles. The molecule has 38 heavy (non-hydrogen) atoms. The van der Waals surface area contributed by atoms with Crippen molar-refractivity contribution in [1.29, 1.82) is 0 Å². The summed E-state index contributed by atoms with van der Waals surface area (Å²) in [5, 5.41) is 12.4. The maximum absolute atomic E-state index is 14.3. The second-order valence-electron chi connectivity index (χ2n) is 7.77. The Morgan fingerprint density at radius 2 is 1.87 bits per heavy atom. The van der Waals surface area contributed by atoms with Crippen molar-refractivity contribution in [3.8, 4) is 17.0 Å². The van der Waals surface area contributed by atoms with Crippen molar-refractivity contribution in [1.82, 2.24) is 15.2 Å². The van der Waals surface area contributed by atoms with Gasteiger partial charge in [-0.1, -0.05) is 12.1 Å². The zero-order valence-electron chi connectivity index (χ0n) is 19.5. The quantitative estimate of drug-likeness (QED) is 0.282. The number of halogens is 6. The number of oxazole rings is 1. The van der Waals surface area contributed by atoms with E-state index in [1.54, 1.807) is 0 Å². The third kappa shape index (κ3) is 6.58. The van der Waals surface area contributed by atoms with Gasteiger partial charge in [-0.3, -0.25) is 4.79 Å². The summed E-state index contributed by atoms with van der Waals surface area (Å²) in [5.74, 6) is -4.26. The lowest BCUT2D eigenvalue weighted by Crippen LogP contribution is -2.39. The number of carbonyl (C=O) groups excluding carboxylic acids is 1. The Hall–Kier alpha value is -3.72. The van der Waals surface area contributed by atoms with Crippen LogP contribution in [0.3, 0.4) is 0 Å². The molecule has 3 rings (SSSR count). The van der Waals surface area contributed by atoms with Gasteiger partial charge in [-0.2, -0.15) is 13.2 Å². The van der Waals surface area contributed by atoms with Crippen LogP contribution in [0.15, 0.2) is 45.5 Å². The van der Waals surface area contributed by atoms with E-state index in [0.29, 0.717) is 5.56 Å². The van der Waals surface area contributed by atoms with Gasteiger partial charge < -0.3 is 30.2 Å².